The molecule has 2 heterocycles. The number of aliphatic hydroxyl groups is 1. The third-order valence-electron chi connectivity index (χ3n) is 5.84. The molecule has 2 unspecified atom stereocenters. The second-order valence-corrected chi connectivity index (χ2v) is 7.35. The Morgan fingerprint density at radius 1 is 1.30 bits per heavy atom. The summed E-state index contributed by atoms with van der Waals surface area (Å²) in [7, 11) is 4.44. The molecule has 0 spiro atoms. The summed E-state index contributed by atoms with van der Waals surface area (Å²) in [5, 5.41) is 13.9. The molecule has 2 aromatic rings. The largest absolute Gasteiger partial charge is 0.395 e. The fourth-order valence-corrected chi connectivity index (χ4v) is 4.86. The van der Waals surface area contributed by atoms with E-state index in [1.54, 1.807) is 5.56 Å². The summed E-state index contributed by atoms with van der Waals surface area (Å²) in [5.74, 6) is 1.29. The molecule has 1 aliphatic carbocycles. The van der Waals surface area contributed by atoms with Crippen LogP contribution < -0.4 is 5.32 Å². The topological polar surface area (TPSA) is 40.4 Å². The van der Waals surface area contributed by atoms with Gasteiger partial charge in [0.2, 0.25) is 0 Å². The molecule has 124 valence electrons. The Morgan fingerprint density at radius 3 is 3.00 bits per heavy atom. The monoisotopic (exact) mass is 313 g/mol. The van der Waals surface area contributed by atoms with Crippen LogP contribution in [0, 0.1) is 5.92 Å². The van der Waals surface area contributed by atoms with Gasteiger partial charge in [-0.25, -0.2) is 0 Å². The van der Waals surface area contributed by atoms with Gasteiger partial charge in [-0.15, -0.1) is 0 Å². The average molecular weight is 313 g/mol. The number of fused-ring (bicyclic) bond motifs is 2. The first kappa shape index (κ1) is 15.2. The molecule has 3 atom stereocenters. The number of likely N-dealkylation sites (N-methyl/N-ethyl adjacent to an activating group) is 1. The van der Waals surface area contributed by atoms with E-state index in [0.717, 1.165) is 13.1 Å². The zero-order chi connectivity index (χ0) is 16.0. The molecule has 0 saturated carbocycles. The molecule has 23 heavy (non-hydrogen) atoms. The number of hydrogen-bond acceptors (Lipinski definition) is 3. The van der Waals surface area contributed by atoms with Gasteiger partial charge in [0.05, 0.1) is 6.61 Å². The number of hydrogen-bond donors (Lipinski definition) is 2. The molecule has 0 bridgehead atoms. The van der Waals surface area contributed by atoms with Crippen LogP contribution in [0.1, 0.15) is 23.5 Å². The Labute approximate surface area is 138 Å². The summed E-state index contributed by atoms with van der Waals surface area (Å²) >= 11 is 0. The molecule has 0 amide bonds. The quantitative estimate of drug-likeness (QED) is 0.845. The van der Waals surface area contributed by atoms with E-state index in [2.05, 4.69) is 53.3 Å². The van der Waals surface area contributed by atoms with E-state index in [0.29, 0.717) is 24.4 Å². The van der Waals surface area contributed by atoms with E-state index in [9.17, 15) is 0 Å². The van der Waals surface area contributed by atoms with Gasteiger partial charge in [-0.1, -0.05) is 12.1 Å². The van der Waals surface area contributed by atoms with E-state index in [4.69, 9.17) is 5.11 Å². The summed E-state index contributed by atoms with van der Waals surface area (Å²) in [4.78, 5) is 2.56. The van der Waals surface area contributed by atoms with Gasteiger partial charge in [0.15, 0.2) is 0 Å². The SMILES string of the molecule is CN1CC(CNCCO)CC2c3cccc4c3c(cn4C)C[C@H]21. The van der Waals surface area contributed by atoms with Crippen molar-refractivity contribution >= 4 is 10.9 Å². The van der Waals surface area contributed by atoms with Crippen LogP contribution in [0.5, 0.6) is 0 Å². The number of nitrogens with zero attached hydrogens (tertiary/aromatic N) is 2. The summed E-state index contributed by atoms with van der Waals surface area (Å²) in [5.41, 5.74) is 4.44. The first-order valence-electron chi connectivity index (χ1n) is 8.77. The third-order valence-corrected chi connectivity index (χ3v) is 5.84. The van der Waals surface area contributed by atoms with E-state index < -0.39 is 0 Å². The van der Waals surface area contributed by atoms with E-state index in [-0.39, 0.29) is 6.61 Å². The number of aromatic nitrogens is 1. The van der Waals surface area contributed by atoms with E-state index >= 15 is 0 Å². The van der Waals surface area contributed by atoms with Gasteiger partial charge in [0.25, 0.3) is 0 Å². The zero-order valence-electron chi connectivity index (χ0n) is 14.1. The molecule has 0 radical (unpaired) electrons. The smallest absolute Gasteiger partial charge is 0.0555 e. The second-order valence-electron chi connectivity index (χ2n) is 7.35. The van der Waals surface area contributed by atoms with Gasteiger partial charge in [-0.05, 0) is 49.5 Å². The van der Waals surface area contributed by atoms with Crippen molar-refractivity contribution in [3.8, 4) is 0 Å². The highest BCUT2D eigenvalue weighted by Gasteiger charge is 2.39. The first-order chi connectivity index (χ1) is 11.2. The minimum absolute atomic E-state index is 0.224. The van der Waals surface area contributed by atoms with E-state index in [1.807, 2.05) is 0 Å². The lowest BCUT2D eigenvalue weighted by molar-refractivity contribution is 0.110. The van der Waals surface area contributed by atoms with Crippen molar-refractivity contribution in [1.82, 2.24) is 14.8 Å². The summed E-state index contributed by atoms with van der Waals surface area (Å²) < 4.78 is 2.28. The highest BCUT2D eigenvalue weighted by atomic mass is 16.3. The molecular formula is C19H27N3O. The fraction of sp³-hybridized carbons (Fsp3) is 0.579. The van der Waals surface area contributed by atoms with Gasteiger partial charge < -0.3 is 19.9 Å². The maximum atomic E-state index is 8.97. The van der Waals surface area contributed by atoms with Crippen LogP contribution in [-0.4, -0.2) is 53.9 Å². The van der Waals surface area contributed by atoms with Crippen LogP contribution in [0.4, 0.5) is 0 Å². The third kappa shape index (κ3) is 2.49. The fourth-order valence-electron chi connectivity index (χ4n) is 4.86. The summed E-state index contributed by atoms with van der Waals surface area (Å²) in [6.07, 6.45) is 4.75. The van der Waals surface area contributed by atoms with Crippen LogP contribution in [0.15, 0.2) is 24.4 Å². The van der Waals surface area contributed by atoms with Crippen LogP contribution in [0.3, 0.4) is 0 Å². The van der Waals surface area contributed by atoms with Crippen molar-refractivity contribution in [1.29, 1.82) is 0 Å². The summed E-state index contributed by atoms with van der Waals surface area (Å²) in [6.45, 7) is 3.08. The van der Waals surface area contributed by atoms with Crippen molar-refractivity contribution in [2.24, 2.45) is 13.0 Å². The van der Waals surface area contributed by atoms with Gasteiger partial charge in [0.1, 0.15) is 0 Å². The lowest BCUT2D eigenvalue weighted by atomic mass is 9.72. The van der Waals surface area contributed by atoms with Crippen molar-refractivity contribution in [3.05, 3.63) is 35.5 Å². The van der Waals surface area contributed by atoms with Crippen molar-refractivity contribution in [2.75, 3.05) is 33.3 Å². The predicted octanol–water partition coefficient (Wildman–Crippen LogP) is 1.72. The number of aliphatic hydroxyl groups excluding tert-OH is 1. The molecule has 2 aliphatic rings. The van der Waals surface area contributed by atoms with Crippen molar-refractivity contribution in [2.45, 2.75) is 24.8 Å². The maximum Gasteiger partial charge on any atom is 0.0555 e. The molecule has 1 aromatic carbocycles. The van der Waals surface area contributed by atoms with Gasteiger partial charge >= 0.3 is 0 Å². The normalized spacial score (nSPS) is 27.3. The summed E-state index contributed by atoms with van der Waals surface area (Å²) in [6, 6.07) is 7.44. The Hall–Kier alpha value is -1.36. The van der Waals surface area contributed by atoms with Gasteiger partial charge in [0, 0.05) is 49.2 Å². The highest BCUT2D eigenvalue weighted by molar-refractivity contribution is 5.89. The number of nitrogens with one attached hydrogen (secondary N) is 1. The molecule has 4 rings (SSSR count). The van der Waals surface area contributed by atoms with Crippen molar-refractivity contribution < 1.29 is 5.11 Å². The molecule has 1 aliphatic heterocycles. The van der Waals surface area contributed by atoms with E-state index in [1.165, 1.54) is 29.3 Å². The van der Waals surface area contributed by atoms with Gasteiger partial charge in [-0.2, -0.15) is 0 Å². The molecule has 1 saturated heterocycles. The second kappa shape index (κ2) is 5.93. The highest BCUT2D eigenvalue weighted by Crippen LogP contribution is 2.44. The lowest BCUT2D eigenvalue weighted by Crippen LogP contribution is -2.49. The molecular weight excluding hydrogens is 286 g/mol. The Balaban J connectivity index is 1.66. The molecule has 1 aromatic heterocycles. The number of piperidine rings is 1. The molecule has 4 heteroatoms. The van der Waals surface area contributed by atoms with Crippen molar-refractivity contribution in [3.63, 3.8) is 0 Å². The first-order valence-corrected chi connectivity index (χ1v) is 8.77. The number of likely N-dealkylation sites (tertiary alicyclic amines) is 1. The van der Waals surface area contributed by atoms with Crippen LogP contribution in [0.25, 0.3) is 10.9 Å². The Morgan fingerprint density at radius 2 is 2.17 bits per heavy atom. The zero-order valence-corrected chi connectivity index (χ0v) is 14.1. The standard InChI is InChI=1S/C19H27N3O/c1-21-11-13(10-20-6-7-23)8-16-15-4-3-5-17-19(15)14(9-18(16)21)12-22(17)2/h3-5,12-13,16,18,20,23H,6-11H2,1-2H3/t13?,16?,18-/m1/s1. The van der Waals surface area contributed by atoms with Crippen LogP contribution >= 0.6 is 0 Å². The molecule has 4 nitrogen and oxygen atoms in total. The number of rotatable bonds is 4. The Kier molecular flexibility index (Phi) is 3.92. The average Bonchev–Trinajstić information content (AvgIpc) is 2.87. The maximum absolute atomic E-state index is 8.97. The predicted molar refractivity (Wildman–Crippen MR) is 93.8 cm³/mol. The minimum Gasteiger partial charge on any atom is -0.395 e. The van der Waals surface area contributed by atoms with Crippen LogP contribution in [0.2, 0.25) is 0 Å². The van der Waals surface area contributed by atoms with Crippen LogP contribution in [-0.2, 0) is 13.5 Å². The number of benzene rings is 1. The lowest BCUT2D eigenvalue weighted by Gasteiger charge is -2.45. The molecule has 2 N–H and O–H groups in total. The number of aryl methyl sites for hydroxylation is 1. The Bertz CT molecular complexity index is 708. The van der Waals surface area contributed by atoms with Gasteiger partial charge in [-0.3, -0.25) is 0 Å². The molecule has 1 fully saturated rings. The minimum atomic E-state index is 0.224.